The molecule has 3 N–H and O–H groups in total. The Balaban J connectivity index is 2.47. The minimum Gasteiger partial charge on any atom is -0.356 e. The highest BCUT2D eigenvalue weighted by molar-refractivity contribution is 5.76. The monoisotopic (exact) mass is 255 g/mol. The molecule has 4 heteroatoms. The van der Waals surface area contributed by atoms with Crippen LogP contribution in [-0.2, 0) is 4.79 Å². The summed E-state index contributed by atoms with van der Waals surface area (Å²) < 4.78 is 0. The van der Waals surface area contributed by atoms with E-state index in [-0.39, 0.29) is 11.9 Å². The Morgan fingerprint density at radius 2 is 2.11 bits per heavy atom. The maximum absolute atomic E-state index is 11.8. The standard InChI is InChI=1S/C14H29N3O/c1-4-7-16-14(18)8-13(9-15)17(10-11(2)3)12-5-6-12/h11-13H,4-10,15H2,1-3H3,(H,16,18). The first-order chi connectivity index (χ1) is 8.58. The summed E-state index contributed by atoms with van der Waals surface area (Å²) in [6.45, 7) is 8.90. The lowest BCUT2D eigenvalue weighted by atomic mass is 10.1. The van der Waals surface area contributed by atoms with Gasteiger partial charge in [-0.05, 0) is 25.2 Å². The molecule has 0 heterocycles. The minimum atomic E-state index is 0.140. The Morgan fingerprint density at radius 1 is 1.44 bits per heavy atom. The fourth-order valence-corrected chi connectivity index (χ4v) is 2.31. The number of amides is 1. The van der Waals surface area contributed by atoms with Crippen LogP contribution in [0.4, 0.5) is 0 Å². The molecule has 0 bridgehead atoms. The zero-order valence-electron chi connectivity index (χ0n) is 12.1. The van der Waals surface area contributed by atoms with Gasteiger partial charge in [-0.15, -0.1) is 0 Å². The first kappa shape index (κ1) is 15.4. The number of hydrogen-bond acceptors (Lipinski definition) is 3. The molecule has 0 spiro atoms. The topological polar surface area (TPSA) is 58.4 Å². The summed E-state index contributed by atoms with van der Waals surface area (Å²) in [5.74, 6) is 0.764. The zero-order chi connectivity index (χ0) is 13.5. The summed E-state index contributed by atoms with van der Waals surface area (Å²) in [6, 6.07) is 0.872. The molecule has 4 nitrogen and oxygen atoms in total. The van der Waals surface area contributed by atoms with Gasteiger partial charge < -0.3 is 11.1 Å². The molecule has 106 valence electrons. The van der Waals surface area contributed by atoms with E-state index in [9.17, 15) is 4.79 Å². The van der Waals surface area contributed by atoms with Crippen molar-refractivity contribution in [3.63, 3.8) is 0 Å². The van der Waals surface area contributed by atoms with E-state index in [1.54, 1.807) is 0 Å². The molecule has 0 aromatic heterocycles. The van der Waals surface area contributed by atoms with Gasteiger partial charge in [0.15, 0.2) is 0 Å². The maximum Gasteiger partial charge on any atom is 0.221 e. The molecule has 1 rings (SSSR count). The lowest BCUT2D eigenvalue weighted by Gasteiger charge is -2.32. The second-order valence-electron chi connectivity index (χ2n) is 5.77. The van der Waals surface area contributed by atoms with Gasteiger partial charge in [-0.3, -0.25) is 9.69 Å². The highest BCUT2D eigenvalue weighted by Gasteiger charge is 2.34. The molecule has 0 aromatic carbocycles. The van der Waals surface area contributed by atoms with E-state index in [2.05, 4.69) is 31.0 Å². The smallest absolute Gasteiger partial charge is 0.221 e. The van der Waals surface area contributed by atoms with Gasteiger partial charge in [0.2, 0.25) is 5.91 Å². The quantitative estimate of drug-likeness (QED) is 0.654. The minimum absolute atomic E-state index is 0.140. The van der Waals surface area contributed by atoms with Gasteiger partial charge in [0.25, 0.3) is 0 Å². The Kier molecular flexibility index (Phi) is 6.65. The Morgan fingerprint density at radius 3 is 2.56 bits per heavy atom. The number of rotatable bonds is 9. The highest BCUT2D eigenvalue weighted by Crippen LogP contribution is 2.30. The van der Waals surface area contributed by atoms with Crippen LogP contribution in [0.25, 0.3) is 0 Å². The van der Waals surface area contributed by atoms with Crippen molar-refractivity contribution in [1.82, 2.24) is 10.2 Å². The molecule has 1 atom stereocenters. The van der Waals surface area contributed by atoms with Crippen molar-refractivity contribution in [2.24, 2.45) is 11.7 Å². The molecule has 0 radical (unpaired) electrons. The van der Waals surface area contributed by atoms with Crippen molar-refractivity contribution in [3.05, 3.63) is 0 Å². The van der Waals surface area contributed by atoms with Crippen LogP contribution in [0.15, 0.2) is 0 Å². The predicted molar refractivity (Wildman–Crippen MR) is 75.3 cm³/mol. The first-order valence-electron chi connectivity index (χ1n) is 7.31. The van der Waals surface area contributed by atoms with Gasteiger partial charge in [0.05, 0.1) is 0 Å². The van der Waals surface area contributed by atoms with E-state index in [1.807, 2.05) is 0 Å². The second kappa shape index (κ2) is 7.74. The van der Waals surface area contributed by atoms with E-state index in [4.69, 9.17) is 5.73 Å². The van der Waals surface area contributed by atoms with Crippen molar-refractivity contribution >= 4 is 5.91 Å². The van der Waals surface area contributed by atoms with Crippen molar-refractivity contribution in [2.45, 2.75) is 58.5 Å². The summed E-state index contributed by atoms with van der Waals surface area (Å²) in [4.78, 5) is 14.3. The van der Waals surface area contributed by atoms with Gasteiger partial charge in [0.1, 0.15) is 0 Å². The van der Waals surface area contributed by atoms with Gasteiger partial charge in [-0.25, -0.2) is 0 Å². The summed E-state index contributed by atoms with van der Waals surface area (Å²) in [6.07, 6.45) is 4.05. The predicted octanol–water partition coefficient (Wildman–Crippen LogP) is 1.35. The van der Waals surface area contributed by atoms with E-state index in [0.29, 0.717) is 24.9 Å². The first-order valence-corrected chi connectivity index (χ1v) is 7.31. The Bertz CT molecular complexity index is 251. The average Bonchev–Trinajstić information content (AvgIpc) is 3.14. The summed E-state index contributed by atoms with van der Waals surface area (Å²) in [5.41, 5.74) is 5.87. The van der Waals surface area contributed by atoms with Crippen LogP contribution < -0.4 is 11.1 Å². The van der Waals surface area contributed by atoms with Gasteiger partial charge in [-0.1, -0.05) is 20.8 Å². The van der Waals surface area contributed by atoms with Crippen LogP contribution in [-0.4, -0.2) is 42.5 Å². The van der Waals surface area contributed by atoms with E-state index < -0.39 is 0 Å². The fraction of sp³-hybridized carbons (Fsp3) is 0.929. The number of carbonyl (C=O) groups excluding carboxylic acids is 1. The molecular weight excluding hydrogens is 226 g/mol. The zero-order valence-corrected chi connectivity index (χ0v) is 12.1. The Hall–Kier alpha value is -0.610. The lowest BCUT2D eigenvalue weighted by Crippen LogP contribution is -2.46. The molecule has 0 aliphatic heterocycles. The third-order valence-electron chi connectivity index (χ3n) is 3.33. The van der Waals surface area contributed by atoms with Gasteiger partial charge in [0, 0.05) is 38.1 Å². The van der Waals surface area contributed by atoms with Crippen LogP contribution in [0.1, 0.15) is 46.5 Å². The second-order valence-corrected chi connectivity index (χ2v) is 5.77. The fourth-order valence-electron chi connectivity index (χ4n) is 2.31. The molecule has 1 unspecified atom stereocenters. The number of nitrogens with zero attached hydrogens (tertiary/aromatic N) is 1. The number of carbonyl (C=O) groups is 1. The number of nitrogens with one attached hydrogen (secondary N) is 1. The Labute approximate surface area is 111 Å². The summed E-state index contributed by atoms with van der Waals surface area (Å²) in [5, 5.41) is 2.94. The lowest BCUT2D eigenvalue weighted by molar-refractivity contribution is -0.122. The van der Waals surface area contributed by atoms with E-state index in [0.717, 1.165) is 19.5 Å². The SMILES string of the molecule is CCCNC(=O)CC(CN)N(CC(C)C)C1CC1. The van der Waals surface area contributed by atoms with Gasteiger partial charge >= 0.3 is 0 Å². The van der Waals surface area contributed by atoms with Crippen molar-refractivity contribution < 1.29 is 4.79 Å². The molecule has 0 aromatic rings. The van der Waals surface area contributed by atoms with E-state index >= 15 is 0 Å². The van der Waals surface area contributed by atoms with Gasteiger partial charge in [-0.2, -0.15) is 0 Å². The maximum atomic E-state index is 11.8. The molecule has 18 heavy (non-hydrogen) atoms. The molecule has 1 aliphatic carbocycles. The van der Waals surface area contributed by atoms with Crippen LogP contribution in [0, 0.1) is 5.92 Å². The molecular formula is C14H29N3O. The summed E-state index contributed by atoms with van der Waals surface area (Å²) >= 11 is 0. The number of nitrogens with two attached hydrogens (primary N) is 1. The molecule has 1 aliphatic rings. The average molecular weight is 255 g/mol. The number of hydrogen-bond donors (Lipinski definition) is 2. The van der Waals surface area contributed by atoms with Crippen LogP contribution in [0.3, 0.4) is 0 Å². The normalized spacial score (nSPS) is 17.2. The van der Waals surface area contributed by atoms with Crippen molar-refractivity contribution in [1.29, 1.82) is 0 Å². The third kappa shape index (κ3) is 5.36. The van der Waals surface area contributed by atoms with Crippen LogP contribution >= 0.6 is 0 Å². The van der Waals surface area contributed by atoms with Crippen molar-refractivity contribution in [2.75, 3.05) is 19.6 Å². The molecule has 1 saturated carbocycles. The van der Waals surface area contributed by atoms with Crippen molar-refractivity contribution in [3.8, 4) is 0 Å². The van der Waals surface area contributed by atoms with Crippen LogP contribution in [0.2, 0.25) is 0 Å². The highest BCUT2D eigenvalue weighted by atomic mass is 16.1. The third-order valence-corrected chi connectivity index (χ3v) is 3.33. The molecule has 1 fully saturated rings. The largest absolute Gasteiger partial charge is 0.356 e. The van der Waals surface area contributed by atoms with Crippen LogP contribution in [0.5, 0.6) is 0 Å². The molecule has 1 amide bonds. The molecule has 0 saturated heterocycles. The van der Waals surface area contributed by atoms with E-state index in [1.165, 1.54) is 12.8 Å². The summed E-state index contributed by atoms with van der Waals surface area (Å²) in [7, 11) is 0.